The van der Waals surface area contributed by atoms with Crippen LogP contribution in [-0.4, -0.2) is 14.7 Å². The van der Waals surface area contributed by atoms with E-state index in [1.807, 2.05) is 0 Å². The van der Waals surface area contributed by atoms with E-state index < -0.39 is 17.3 Å². The van der Waals surface area contributed by atoms with Gasteiger partial charge in [-0.2, -0.15) is 0 Å². The van der Waals surface area contributed by atoms with Gasteiger partial charge in [-0.05, 0) is 37.5 Å². The summed E-state index contributed by atoms with van der Waals surface area (Å²) in [5, 5.41) is 10.2. The molecular weight excluding hydrogens is 275 g/mol. The minimum atomic E-state index is -0.719. The van der Waals surface area contributed by atoms with E-state index in [9.17, 15) is 19.1 Å². The lowest BCUT2D eigenvalue weighted by molar-refractivity contribution is 0.382. The summed E-state index contributed by atoms with van der Waals surface area (Å²) in [6.07, 6.45) is 0.288. The second-order valence-electron chi connectivity index (χ2n) is 4.97. The van der Waals surface area contributed by atoms with Crippen LogP contribution in [0.5, 0.6) is 5.88 Å². The Bertz CT molecular complexity index is 792. The van der Waals surface area contributed by atoms with Crippen molar-refractivity contribution in [3.8, 4) is 5.88 Å². The minimum absolute atomic E-state index is 0.133. The van der Waals surface area contributed by atoms with Gasteiger partial charge in [0, 0.05) is 0 Å². The molecule has 0 saturated carbocycles. The first-order valence-electron chi connectivity index (χ1n) is 6.69. The Kier molecular flexibility index (Phi) is 3.97. The van der Waals surface area contributed by atoms with Crippen LogP contribution in [0.15, 0.2) is 27.8 Å². The molecule has 112 valence electrons. The Balaban J connectivity index is 2.63. The van der Waals surface area contributed by atoms with Crippen molar-refractivity contribution in [1.29, 1.82) is 0 Å². The third kappa shape index (κ3) is 2.61. The molecule has 0 aliphatic rings. The minimum Gasteiger partial charge on any atom is -0.494 e. The summed E-state index contributed by atoms with van der Waals surface area (Å²) < 4.78 is 14.7. The number of nitrogens with zero attached hydrogens (tertiary/aromatic N) is 1. The van der Waals surface area contributed by atoms with Crippen molar-refractivity contribution in [2.75, 3.05) is 0 Å². The van der Waals surface area contributed by atoms with E-state index in [2.05, 4.69) is 4.98 Å². The number of hydrogen-bond donors (Lipinski definition) is 2. The van der Waals surface area contributed by atoms with Gasteiger partial charge in [0.05, 0.1) is 11.6 Å². The summed E-state index contributed by atoms with van der Waals surface area (Å²) in [6, 6.07) is 4.01. The van der Waals surface area contributed by atoms with Crippen LogP contribution in [-0.2, 0) is 6.42 Å². The molecule has 1 atom stereocenters. The molecule has 0 aliphatic carbocycles. The zero-order valence-electron chi connectivity index (χ0n) is 12.1. The molecule has 0 spiro atoms. The highest BCUT2D eigenvalue weighted by molar-refractivity contribution is 5.29. The number of hydrogen-bond acceptors (Lipinski definition) is 3. The predicted octanol–water partition coefficient (Wildman–Crippen LogP) is 1.86. The summed E-state index contributed by atoms with van der Waals surface area (Å²) in [5.41, 5.74) is -0.154. The van der Waals surface area contributed by atoms with Crippen LogP contribution in [0.3, 0.4) is 0 Å². The molecule has 0 aliphatic heterocycles. The second-order valence-corrected chi connectivity index (χ2v) is 4.97. The van der Waals surface area contributed by atoms with Gasteiger partial charge in [0.25, 0.3) is 5.56 Å². The first-order chi connectivity index (χ1) is 9.86. The molecule has 0 radical (unpaired) electrons. The van der Waals surface area contributed by atoms with Crippen LogP contribution >= 0.6 is 0 Å². The van der Waals surface area contributed by atoms with E-state index in [1.54, 1.807) is 32.9 Å². The largest absolute Gasteiger partial charge is 0.494 e. The average Bonchev–Trinajstić information content (AvgIpc) is 2.41. The Morgan fingerprint density at radius 3 is 2.62 bits per heavy atom. The molecule has 0 bridgehead atoms. The highest BCUT2D eigenvalue weighted by Crippen LogP contribution is 2.23. The highest BCUT2D eigenvalue weighted by Gasteiger charge is 2.19. The van der Waals surface area contributed by atoms with Gasteiger partial charge in [0.2, 0.25) is 5.88 Å². The number of rotatable bonds is 3. The smallest absolute Gasteiger partial charge is 0.331 e. The molecule has 1 aromatic heterocycles. The van der Waals surface area contributed by atoms with Crippen molar-refractivity contribution in [2.24, 2.45) is 0 Å². The maximum absolute atomic E-state index is 13.7. The summed E-state index contributed by atoms with van der Waals surface area (Å²) >= 11 is 0. The molecule has 2 N–H and O–H groups in total. The predicted molar refractivity (Wildman–Crippen MR) is 77.3 cm³/mol. The first kappa shape index (κ1) is 15.0. The number of benzene rings is 1. The molecule has 0 saturated heterocycles. The van der Waals surface area contributed by atoms with E-state index in [4.69, 9.17) is 0 Å². The zero-order valence-corrected chi connectivity index (χ0v) is 12.1. The van der Waals surface area contributed by atoms with Crippen molar-refractivity contribution in [3.05, 3.63) is 61.5 Å². The monoisotopic (exact) mass is 292 g/mol. The van der Waals surface area contributed by atoms with Gasteiger partial charge in [-0.25, -0.2) is 9.18 Å². The molecule has 2 aromatic rings. The number of halogens is 1. The average molecular weight is 292 g/mol. The maximum atomic E-state index is 13.7. The van der Waals surface area contributed by atoms with Crippen LogP contribution < -0.4 is 11.2 Å². The number of aromatic hydroxyl groups is 1. The van der Waals surface area contributed by atoms with E-state index in [1.165, 1.54) is 6.07 Å². The topological polar surface area (TPSA) is 75.1 Å². The molecule has 2 rings (SSSR count). The lowest BCUT2D eigenvalue weighted by atomic mass is 10.1. The van der Waals surface area contributed by atoms with Gasteiger partial charge in [-0.3, -0.25) is 14.3 Å². The lowest BCUT2D eigenvalue weighted by Gasteiger charge is -2.18. The van der Waals surface area contributed by atoms with E-state index >= 15 is 0 Å². The van der Waals surface area contributed by atoms with Crippen LogP contribution in [0.4, 0.5) is 4.39 Å². The van der Waals surface area contributed by atoms with Crippen molar-refractivity contribution in [2.45, 2.75) is 33.2 Å². The van der Waals surface area contributed by atoms with Crippen molar-refractivity contribution in [3.63, 3.8) is 0 Å². The van der Waals surface area contributed by atoms with Crippen LogP contribution in [0.25, 0.3) is 0 Å². The van der Waals surface area contributed by atoms with E-state index in [-0.39, 0.29) is 23.7 Å². The quantitative estimate of drug-likeness (QED) is 0.906. The second kappa shape index (κ2) is 5.55. The third-order valence-electron chi connectivity index (χ3n) is 3.63. The molecule has 5 nitrogen and oxygen atoms in total. The fourth-order valence-corrected chi connectivity index (χ4v) is 2.27. The maximum Gasteiger partial charge on any atom is 0.331 e. The molecular formula is C15H17FN2O3. The molecule has 1 heterocycles. The van der Waals surface area contributed by atoms with Crippen molar-refractivity contribution >= 4 is 0 Å². The van der Waals surface area contributed by atoms with Crippen molar-refractivity contribution in [1.82, 2.24) is 9.55 Å². The molecule has 6 heteroatoms. The highest BCUT2D eigenvalue weighted by atomic mass is 19.1. The SMILES string of the molecule is CCc1c(O)n(C(C)c2ccc(C)c(F)c2)c(=O)[nH]c1=O. The normalized spacial score (nSPS) is 12.4. The van der Waals surface area contributed by atoms with E-state index in [0.29, 0.717) is 11.1 Å². The van der Waals surface area contributed by atoms with Gasteiger partial charge in [0.15, 0.2) is 0 Å². The fraction of sp³-hybridized carbons (Fsp3) is 0.333. The number of aromatic amines is 1. The molecule has 21 heavy (non-hydrogen) atoms. The number of aryl methyl sites for hydroxylation is 1. The lowest BCUT2D eigenvalue weighted by Crippen LogP contribution is -2.34. The Morgan fingerprint density at radius 1 is 1.38 bits per heavy atom. The van der Waals surface area contributed by atoms with Gasteiger partial charge in [-0.15, -0.1) is 0 Å². The standard InChI is InChI=1S/C15H17FN2O3/c1-4-11-13(19)17-15(21)18(14(11)20)9(3)10-6-5-8(2)12(16)7-10/h5-7,9,20H,4H2,1-3H3,(H,17,19,21). The number of aromatic nitrogens is 2. The van der Waals surface area contributed by atoms with Gasteiger partial charge >= 0.3 is 5.69 Å². The van der Waals surface area contributed by atoms with Gasteiger partial charge < -0.3 is 5.11 Å². The number of nitrogens with one attached hydrogen (secondary N) is 1. The summed E-state index contributed by atoms with van der Waals surface area (Å²) in [5.74, 6) is -0.758. The van der Waals surface area contributed by atoms with Crippen LogP contribution in [0, 0.1) is 12.7 Å². The van der Waals surface area contributed by atoms with Crippen molar-refractivity contribution < 1.29 is 9.50 Å². The molecule has 1 aromatic carbocycles. The van der Waals surface area contributed by atoms with Crippen LogP contribution in [0.1, 0.15) is 36.6 Å². The molecule has 0 amide bonds. The first-order valence-corrected chi connectivity index (χ1v) is 6.69. The Morgan fingerprint density at radius 2 is 2.05 bits per heavy atom. The van der Waals surface area contributed by atoms with Crippen LogP contribution in [0.2, 0.25) is 0 Å². The number of H-pyrrole nitrogens is 1. The van der Waals surface area contributed by atoms with Gasteiger partial charge in [-0.1, -0.05) is 19.1 Å². The molecule has 1 unspecified atom stereocenters. The summed E-state index contributed by atoms with van der Waals surface area (Å²) in [6.45, 7) is 5.00. The van der Waals surface area contributed by atoms with E-state index in [0.717, 1.165) is 4.57 Å². The van der Waals surface area contributed by atoms with Gasteiger partial charge in [0.1, 0.15) is 5.82 Å². The third-order valence-corrected chi connectivity index (χ3v) is 3.63. The summed E-state index contributed by atoms with van der Waals surface area (Å²) in [4.78, 5) is 25.7. The molecule has 0 fully saturated rings. The summed E-state index contributed by atoms with van der Waals surface area (Å²) in [7, 11) is 0. The Labute approximate surface area is 120 Å². The Hall–Kier alpha value is -2.37. The fourth-order valence-electron chi connectivity index (χ4n) is 2.27. The zero-order chi connectivity index (χ0) is 15.7.